The maximum Gasteiger partial charge on any atom is 0.177 e. The average Bonchev–Trinajstić information content (AvgIpc) is 2.19. The number of hydrogen-bond donors (Lipinski definition) is 0. The predicted octanol–water partition coefficient (Wildman–Crippen LogP) is 1.46. The minimum Gasteiger partial charge on any atom is -0.382 e. The summed E-state index contributed by atoms with van der Waals surface area (Å²) >= 11 is 0. The van der Waals surface area contributed by atoms with Gasteiger partial charge in [0.15, 0.2) is 6.61 Å². The quantitative estimate of drug-likeness (QED) is 0.301. The molecule has 0 aliphatic carbocycles. The zero-order valence-corrected chi connectivity index (χ0v) is 7.40. The second kappa shape index (κ2) is 4.94. The fourth-order valence-corrected chi connectivity index (χ4v) is 0.796. The van der Waals surface area contributed by atoms with Crippen LogP contribution in [0.1, 0.15) is 12.5 Å². The first kappa shape index (κ1) is 9.27. The third-order valence-electron chi connectivity index (χ3n) is 1.43. The van der Waals surface area contributed by atoms with Crippen LogP contribution in [0, 0.1) is 12.3 Å². The summed E-state index contributed by atoms with van der Waals surface area (Å²) in [4.78, 5) is 8.78. The van der Waals surface area contributed by atoms with E-state index in [1.807, 2.05) is 19.1 Å². The SMILES string of the molecule is C#CCON=C(C)c1cccnc1. The normalized spacial score (nSPS) is 10.6. The largest absolute Gasteiger partial charge is 0.382 e. The monoisotopic (exact) mass is 174 g/mol. The Hall–Kier alpha value is -1.82. The van der Waals surface area contributed by atoms with Gasteiger partial charge in [0.2, 0.25) is 0 Å². The molecule has 0 amide bonds. The van der Waals surface area contributed by atoms with Crippen LogP contribution in [0.4, 0.5) is 0 Å². The summed E-state index contributed by atoms with van der Waals surface area (Å²) in [5, 5.41) is 3.82. The van der Waals surface area contributed by atoms with Gasteiger partial charge in [-0.3, -0.25) is 4.98 Å². The van der Waals surface area contributed by atoms with Gasteiger partial charge in [0.25, 0.3) is 0 Å². The maximum atomic E-state index is 5.00. The van der Waals surface area contributed by atoms with Crippen LogP contribution >= 0.6 is 0 Å². The molecule has 0 radical (unpaired) electrons. The van der Waals surface area contributed by atoms with E-state index in [0.29, 0.717) is 0 Å². The molecule has 3 heteroatoms. The predicted molar refractivity (Wildman–Crippen MR) is 51.2 cm³/mol. The summed E-state index contributed by atoms with van der Waals surface area (Å²) in [7, 11) is 0. The lowest BCUT2D eigenvalue weighted by Gasteiger charge is -1.98. The molecular weight excluding hydrogens is 164 g/mol. The van der Waals surface area contributed by atoms with Gasteiger partial charge in [-0.2, -0.15) is 0 Å². The Morgan fingerprint density at radius 3 is 3.23 bits per heavy atom. The second-order valence-electron chi connectivity index (χ2n) is 2.40. The second-order valence-corrected chi connectivity index (χ2v) is 2.40. The van der Waals surface area contributed by atoms with Gasteiger partial charge in [-0.15, -0.1) is 6.42 Å². The number of pyridine rings is 1. The van der Waals surface area contributed by atoms with Gasteiger partial charge in [0.1, 0.15) is 0 Å². The Morgan fingerprint density at radius 1 is 1.77 bits per heavy atom. The number of oxime groups is 1. The average molecular weight is 174 g/mol. The molecule has 0 spiro atoms. The van der Waals surface area contributed by atoms with Gasteiger partial charge in [-0.1, -0.05) is 11.1 Å². The number of aromatic nitrogens is 1. The highest BCUT2D eigenvalue weighted by Gasteiger charge is 1.95. The van der Waals surface area contributed by atoms with E-state index in [9.17, 15) is 0 Å². The summed E-state index contributed by atoms with van der Waals surface area (Å²) in [5.41, 5.74) is 1.70. The molecular formula is C10H10N2O. The molecule has 0 aliphatic rings. The van der Waals surface area contributed by atoms with Gasteiger partial charge in [0, 0.05) is 18.0 Å². The molecule has 1 heterocycles. The third-order valence-corrected chi connectivity index (χ3v) is 1.43. The molecule has 0 fully saturated rings. The molecule has 1 aromatic heterocycles. The minimum atomic E-state index is 0.192. The maximum absolute atomic E-state index is 5.00. The van der Waals surface area contributed by atoms with Crippen molar-refractivity contribution in [1.82, 2.24) is 4.98 Å². The van der Waals surface area contributed by atoms with Crippen LogP contribution in [0.2, 0.25) is 0 Å². The van der Waals surface area contributed by atoms with Crippen molar-refractivity contribution in [3.63, 3.8) is 0 Å². The summed E-state index contributed by atoms with van der Waals surface area (Å²) < 4.78 is 0. The van der Waals surface area contributed by atoms with Gasteiger partial charge >= 0.3 is 0 Å². The van der Waals surface area contributed by atoms with Crippen LogP contribution in [0.5, 0.6) is 0 Å². The van der Waals surface area contributed by atoms with Crippen LogP contribution in [0.15, 0.2) is 29.7 Å². The van der Waals surface area contributed by atoms with E-state index in [2.05, 4.69) is 16.1 Å². The number of terminal acetylenes is 1. The van der Waals surface area contributed by atoms with Crippen molar-refractivity contribution in [3.8, 4) is 12.3 Å². The lowest BCUT2D eigenvalue weighted by molar-refractivity contribution is 0.180. The van der Waals surface area contributed by atoms with Crippen molar-refractivity contribution in [3.05, 3.63) is 30.1 Å². The van der Waals surface area contributed by atoms with E-state index in [1.165, 1.54) is 0 Å². The standard InChI is InChI=1S/C10H10N2O/c1-3-7-13-12-9(2)10-5-4-6-11-8-10/h1,4-6,8H,7H2,2H3. The van der Waals surface area contributed by atoms with Crippen molar-refractivity contribution in [2.45, 2.75) is 6.92 Å². The molecule has 0 unspecified atom stereocenters. The first-order valence-corrected chi connectivity index (χ1v) is 3.85. The van der Waals surface area contributed by atoms with Gasteiger partial charge in [-0.25, -0.2) is 0 Å². The third kappa shape index (κ3) is 2.96. The Labute approximate surface area is 77.4 Å². The Kier molecular flexibility index (Phi) is 3.52. The summed E-state index contributed by atoms with van der Waals surface area (Å²) in [6.45, 7) is 2.03. The van der Waals surface area contributed by atoms with E-state index < -0.39 is 0 Å². The highest BCUT2D eigenvalue weighted by molar-refractivity contribution is 5.97. The van der Waals surface area contributed by atoms with E-state index in [0.717, 1.165) is 11.3 Å². The summed E-state index contributed by atoms with van der Waals surface area (Å²) in [5.74, 6) is 2.33. The van der Waals surface area contributed by atoms with Crippen LogP contribution in [-0.4, -0.2) is 17.3 Å². The molecule has 66 valence electrons. The van der Waals surface area contributed by atoms with Crippen LogP contribution < -0.4 is 0 Å². The Bertz CT molecular complexity index is 325. The van der Waals surface area contributed by atoms with E-state index in [4.69, 9.17) is 11.3 Å². The number of hydrogen-bond acceptors (Lipinski definition) is 3. The van der Waals surface area contributed by atoms with Gasteiger partial charge < -0.3 is 4.84 Å². The molecule has 1 aromatic rings. The molecule has 1 rings (SSSR count). The topological polar surface area (TPSA) is 34.5 Å². The smallest absolute Gasteiger partial charge is 0.177 e. The molecule has 0 aromatic carbocycles. The van der Waals surface area contributed by atoms with Crippen molar-refractivity contribution in [2.24, 2.45) is 5.16 Å². The van der Waals surface area contributed by atoms with Crippen molar-refractivity contribution in [1.29, 1.82) is 0 Å². The molecule has 0 aliphatic heterocycles. The molecule has 0 N–H and O–H groups in total. The first-order valence-electron chi connectivity index (χ1n) is 3.85. The molecule has 0 saturated heterocycles. The zero-order chi connectivity index (χ0) is 9.52. The fraction of sp³-hybridized carbons (Fsp3) is 0.200. The van der Waals surface area contributed by atoms with E-state index in [-0.39, 0.29) is 6.61 Å². The lowest BCUT2D eigenvalue weighted by atomic mass is 10.2. The van der Waals surface area contributed by atoms with Crippen LogP contribution in [-0.2, 0) is 4.84 Å². The highest BCUT2D eigenvalue weighted by Crippen LogP contribution is 1.98. The van der Waals surface area contributed by atoms with E-state index >= 15 is 0 Å². The Morgan fingerprint density at radius 2 is 2.62 bits per heavy atom. The highest BCUT2D eigenvalue weighted by atomic mass is 16.6. The summed E-state index contributed by atoms with van der Waals surface area (Å²) in [6, 6.07) is 3.75. The number of nitrogens with zero attached hydrogens (tertiary/aromatic N) is 2. The molecule has 0 saturated carbocycles. The molecule has 13 heavy (non-hydrogen) atoms. The molecule has 0 bridgehead atoms. The zero-order valence-electron chi connectivity index (χ0n) is 7.40. The molecule has 3 nitrogen and oxygen atoms in total. The van der Waals surface area contributed by atoms with E-state index in [1.54, 1.807) is 12.4 Å². The van der Waals surface area contributed by atoms with Crippen molar-refractivity contribution >= 4 is 5.71 Å². The first-order chi connectivity index (χ1) is 6.34. The van der Waals surface area contributed by atoms with Gasteiger partial charge in [-0.05, 0) is 19.1 Å². The van der Waals surface area contributed by atoms with Crippen molar-refractivity contribution < 1.29 is 4.84 Å². The van der Waals surface area contributed by atoms with Crippen LogP contribution in [0.3, 0.4) is 0 Å². The van der Waals surface area contributed by atoms with Crippen molar-refractivity contribution in [2.75, 3.05) is 6.61 Å². The minimum absolute atomic E-state index is 0.192. The lowest BCUT2D eigenvalue weighted by Crippen LogP contribution is -1.96. The van der Waals surface area contributed by atoms with Crippen LogP contribution in [0.25, 0.3) is 0 Å². The summed E-state index contributed by atoms with van der Waals surface area (Å²) in [6.07, 6.45) is 8.42. The Balaban J connectivity index is 2.63. The molecule has 0 atom stereocenters. The van der Waals surface area contributed by atoms with Gasteiger partial charge in [0.05, 0.1) is 5.71 Å². The fourth-order valence-electron chi connectivity index (χ4n) is 0.796. The number of rotatable bonds is 3.